The van der Waals surface area contributed by atoms with E-state index in [1.165, 1.54) is 14.2 Å². The summed E-state index contributed by atoms with van der Waals surface area (Å²) in [4.78, 5) is 10.1. The fourth-order valence-corrected chi connectivity index (χ4v) is 0.343. The van der Waals surface area contributed by atoms with Gasteiger partial charge in [-0.25, -0.2) is 4.79 Å². The van der Waals surface area contributed by atoms with Crippen molar-refractivity contribution in [3.05, 3.63) is 0 Å². The third-order valence-corrected chi connectivity index (χ3v) is 0.981. The van der Waals surface area contributed by atoms with E-state index in [2.05, 4.69) is 18.9 Å². The largest absolute Gasteiger partial charge is 0.467 e. The van der Waals surface area contributed by atoms with E-state index >= 15 is 0 Å². The maximum Gasteiger partial charge on any atom is 0.331 e. The van der Waals surface area contributed by atoms with Gasteiger partial charge in [-0.15, -0.1) is 0 Å². The van der Waals surface area contributed by atoms with Gasteiger partial charge in [-0.3, -0.25) is 0 Å². The zero-order valence-corrected chi connectivity index (χ0v) is 8.66. The summed E-state index contributed by atoms with van der Waals surface area (Å²) in [7, 11) is 6.07. The molecule has 0 radical (unpaired) electrons. The minimum atomic E-state index is -0.345. The highest BCUT2D eigenvalue weighted by molar-refractivity contribution is 5.70. The number of hydrogen-bond acceptors (Lipinski definition) is 5. The lowest BCUT2D eigenvalue weighted by atomic mass is 10.7. The monoisotopic (exact) mass is 194 g/mol. The SMILES string of the molecule is COCC(=O)OC.COCCOC. The normalized spacial score (nSPS) is 8.62. The summed E-state index contributed by atoms with van der Waals surface area (Å²) in [6, 6.07) is 0. The molecule has 0 spiro atoms. The Bertz CT molecular complexity index is 101. The molecule has 0 heterocycles. The summed E-state index contributed by atoms with van der Waals surface area (Å²) in [5.74, 6) is -0.345. The van der Waals surface area contributed by atoms with Crippen molar-refractivity contribution < 1.29 is 23.7 Å². The number of carbonyl (C=O) groups is 1. The molecule has 5 nitrogen and oxygen atoms in total. The van der Waals surface area contributed by atoms with Crippen molar-refractivity contribution in [1.82, 2.24) is 0 Å². The Hall–Kier alpha value is -0.650. The van der Waals surface area contributed by atoms with Crippen molar-refractivity contribution in [3.8, 4) is 0 Å². The van der Waals surface area contributed by atoms with Crippen LogP contribution in [0.4, 0.5) is 0 Å². The first kappa shape index (κ1) is 14.9. The summed E-state index contributed by atoms with van der Waals surface area (Å²) in [6.45, 7) is 1.42. The Kier molecular flexibility index (Phi) is 15.9. The third-order valence-electron chi connectivity index (χ3n) is 0.981. The van der Waals surface area contributed by atoms with E-state index in [9.17, 15) is 4.79 Å². The summed E-state index contributed by atoms with van der Waals surface area (Å²) in [5.41, 5.74) is 0. The second-order valence-electron chi connectivity index (χ2n) is 1.99. The van der Waals surface area contributed by atoms with Gasteiger partial charge in [0.15, 0.2) is 0 Å². The molecule has 0 atom stereocenters. The molecule has 0 aliphatic heterocycles. The molecule has 0 saturated heterocycles. The van der Waals surface area contributed by atoms with Crippen LogP contribution in [0.15, 0.2) is 0 Å². The fourth-order valence-electron chi connectivity index (χ4n) is 0.343. The first-order valence-corrected chi connectivity index (χ1v) is 3.76. The van der Waals surface area contributed by atoms with Crippen LogP contribution < -0.4 is 0 Å². The molecule has 13 heavy (non-hydrogen) atoms. The van der Waals surface area contributed by atoms with Gasteiger partial charge in [-0.2, -0.15) is 0 Å². The van der Waals surface area contributed by atoms with Crippen molar-refractivity contribution in [2.24, 2.45) is 0 Å². The van der Waals surface area contributed by atoms with Gasteiger partial charge >= 0.3 is 5.97 Å². The predicted octanol–water partition coefficient (Wildman–Crippen LogP) is 0.0850. The minimum Gasteiger partial charge on any atom is -0.467 e. The van der Waals surface area contributed by atoms with Crippen LogP contribution in [0.5, 0.6) is 0 Å². The van der Waals surface area contributed by atoms with Gasteiger partial charge < -0.3 is 18.9 Å². The van der Waals surface area contributed by atoms with Crippen molar-refractivity contribution in [2.45, 2.75) is 0 Å². The lowest BCUT2D eigenvalue weighted by molar-refractivity contribution is -0.144. The Morgan fingerprint density at radius 2 is 1.38 bits per heavy atom. The lowest BCUT2D eigenvalue weighted by Crippen LogP contribution is -2.07. The first-order chi connectivity index (χ1) is 6.22. The second-order valence-corrected chi connectivity index (χ2v) is 1.99. The molecule has 0 aliphatic rings. The van der Waals surface area contributed by atoms with Crippen molar-refractivity contribution >= 4 is 5.97 Å². The van der Waals surface area contributed by atoms with E-state index in [0.717, 1.165) is 0 Å². The van der Waals surface area contributed by atoms with Crippen LogP contribution >= 0.6 is 0 Å². The average Bonchev–Trinajstić information content (AvgIpc) is 2.16. The standard InChI is InChI=1S/C4H8O3.C4H10O2/c1-6-3-4(5)7-2;1-5-3-4-6-2/h3H2,1-2H3;3-4H2,1-2H3. The quantitative estimate of drug-likeness (QED) is 0.458. The summed E-state index contributed by atoms with van der Waals surface area (Å²) < 4.78 is 18.0. The Balaban J connectivity index is 0. The minimum absolute atomic E-state index is 0.0382. The number of rotatable bonds is 5. The van der Waals surface area contributed by atoms with E-state index in [4.69, 9.17) is 0 Å². The van der Waals surface area contributed by atoms with Crippen molar-refractivity contribution in [1.29, 1.82) is 0 Å². The van der Waals surface area contributed by atoms with Crippen LogP contribution in [0.25, 0.3) is 0 Å². The summed E-state index contributed by atoms with van der Waals surface area (Å²) in [5, 5.41) is 0. The third kappa shape index (κ3) is 18.4. The molecule has 80 valence electrons. The number of ether oxygens (including phenoxy) is 4. The van der Waals surface area contributed by atoms with Crippen molar-refractivity contribution in [3.63, 3.8) is 0 Å². The molecule has 0 aliphatic carbocycles. The van der Waals surface area contributed by atoms with Gasteiger partial charge in [-0.05, 0) is 0 Å². The smallest absolute Gasteiger partial charge is 0.331 e. The average molecular weight is 194 g/mol. The molecule has 0 fully saturated rings. The van der Waals surface area contributed by atoms with E-state index in [1.54, 1.807) is 14.2 Å². The molecule has 0 amide bonds. The van der Waals surface area contributed by atoms with E-state index in [1.807, 2.05) is 0 Å². The molecule has 0 N–H and O–H groups in total. The summed E-state index contributed by atoms with van der Waals surface area (Å²) >= 11 is 0. The Labute approximate surface area is 78.9 Å². The number of carbonyl (C=O) groups excluding carboxylic acids is 1. The van der Waals surface area contributed by atoms with E-state index < -0.39 is 0 Å². The molecule has 0 rings (SSSR count). The highest BCUT2D eigenvalue weighted by Gasteiger charge is 1.93. The van der Waals surface area contributed by atoms with Gasteiger partial charge in [0.05, 0.1) is 20.3 Å². The van der Waals surface area contributed by atoms with Crippen LogP contribution in [0.1, 0.15) is 0 Å². The summed E-state index contributed by atoms with van der Waals surface area (Å²) in [6.07, 6.45) is 0. The van der Waals surface area contributed by atoms with Crippen LogP contribution in [0.3, 0.4) is 0 Å². The Morgan fingerprint density at radius 1 is 0.923 bits per heavy atom. The molecule has 0 aromatic rings. The Morgan fingerprint density at radius 3 is 1.54 bits per heavy atom. The highest BCUT2D eigenvalue weighted by atomic mass is 16.6. The fraction of sp³-hybridized carbons (Fsp3) is 0.875. The van der Waals surface area contributed by atoms with Crippen molar-refractivity contribution in [2.75, 3.05) is 48.3 Å². The zero-order valence-electron chi connectivity index (χ0n) is 8.66. The molecular weight excluding hydrogens is 176 g/mol. The number of hydrogen-bond donors (Lipinski definition) is 0. The molecular formula is C8H18O5. The van der Waals surface area contributed by atoms with Gasteiger partial charge in [0, 0.05) is 21.3 Å². The van der Waals surface area contributed by atoms with Crippen LogP contribution in [0.2, 0.25) is 0 Å². The molecule has 0 aromatic carbocycles. The molecule has 0 saturated carbocycles. The zero-order chi connectivity index (χ0) is 10.5. The van der Waals surface area contributed by atoms with Gasteiger partial charge in [0.25, 0.3) is 0 Å². The van der Waals surface area contributed by atoms with E-state index in [0.29, 0.717) is 13.2 Å². The van der Waals surface area contributed by atoms with Crippen LogP contribution in [-0.4, -0.2) is 54.2 Å². The van der Waals surface area contributed by atoms with Crippen LogP contribution in [-0.2, 0) is 23.7 Å². The second kappa shape index (κ2) is 13.9. The molecule has 0 unspecified atom stereocenters. The van der Waals surface area contributed by atoms with Gasteiger partial charge in [-0.1, -0.05) is 0 Å². The van der Waals surface area contributed by atoms with Gasteiger partial charge in [0.1, 0.15) is 6.61 Å². The number of esters is 1. The maximum absolute atomic E-state index is 10.1. The van der Waals surface area contributed by atoms with Crippen LogP contribution in [0, 0.1) is 0 Å². The highest BCUT2D eigenvalue weighted by Crippen LogP contribution is 1.71. The topological polar surface area (TPSA) is 54.0 Å². The predicted molar refractivity (Wildman–Crippen MR) is 47.6 cm³/mol. The number of methoxy groups -OCH3 is 4. The van der Waals surface area contributed by atoms with E-state index in [-0.39, 0.29) is 12.6 Å². The molecule has 5 heteroatoms. The first-order valence-electron chi connectivity index (χ1n) is 3.76. The lowest BCUT2D eigenvalue weighted by Gasteiger charge is -1.92. The maximum atomic E-state index is 10.1. The molecule has 0 bridgehead atoms. The molecule has 0 aromatic heterocycles. The van der Waals surface area contributed by atoms with Gasteiger partial charge in [0.2, 0.25) is 0 Å².